The number of nitriles is 1. The first-order valence-electron chi connectivity index (χ1n) is 5.51. The Hall–Kier alpha value is -2.99. The van der Waals surface area contributed by atoms with Crippen molar-refractivity contribution in [3.05, 3.63) is 48.0 Å². The van der Waals surface area contributed by atoms with Crippen molar-refractivity contribution in [1.82, 2.24) is 9.97 Å². The Kier molecular flexibility index (Phi) is 3.82. The van der Waals surface area contributed by atoms with E-state index < -0.39 is 21.7 Å². The molecule has 106 valence electrons. The lowest BCUT2D eigenvalue weighted by Crippen LogP contribution is -2.16. The first-order chi connectivity index (χ1) is 9.94. The number of hydrogen-bond acceptors (Lipinski definition) is 6. The highest BCUT2D eigenvalue weighted by atomic mass is 32.2. The number of aromatic carboxylic acids is 1. The lowest BCUT2D eigenvalue weighted by Gasteiger charge is -2.09. The Bertz CT molecular complexity index is 825. The van der Waals surface area contributed by atoms with E-state index in [1.165, 1.54) is 30.5 Å². The minimum Gasteiger partial charge on any atom is -0.476 e. The summed E-state index contributed by atoms with van der Waals surface area (Å²) >= 11 is 0. The first kappa shape index (κ1) is 14.4. The van der Waals surface area contributed by atoms with E-state index in [-0.39, 0.29) is 16.3 Å². The Labute approximate surface area is 119 Å². The molecule has 0 aliphatic heterocycles. The number of carboxylic acids is 1. The van der Waals surface area contributed by atoms with Crippen LogP contribution in [0.5, 0.6) is 0 Å². The number of sulfonamides is 1. The molecule has 2 rings (SSSR count). The molecule has 0 aliphatic rings. The van der Waals surface area contributed by atoms with Gasteiger partial charge in [0.15, 0.2) is 5.69 Å². The number of carboxylic acid groups (broad SMARTS) is 1. The maximum Gasteiger partial charge on any atom is 0.356 e. The highest BCUT2D eigenvalue weighted by Crippen LogP contribution is 2.18. The van der Waals surface area contributed by atoms with Gasteiger partial charge in [-0.05, 0) is 24.3 Å². The number of rotatable bonds is 4. The summed E-state index contributed by atoms with van der Waals surface area (Å²) in [5.74, 6) is -1.36. The van der Waals surface area contributed by atoms with Crippen LogP contribution in [0.2, 0.25) is 0 Å². The molecular formula is C12H8N4O4S. The van der Waals surface area contributed by atoms with Gasteiger partial charge in [-0.1, -0.05) is 0 Å². The van der Waals surface area contributed by atoms with Crippen LogP contribution in [0.15, 0.2) is 41.6 Å². The topological polar surface area (TPSA) is 133 Å². The minimum atomic E-state index is -4.02. The third kappa shape index (κ3) is 3.13. The zero-order valence-corrected chi connectivity index (χ0v) is 11.2. The van der Waals surface area contributed by atoms with Crippen LogP contribution in [-0.2, 0) is 10.0 Å². The van der Waals surface area contributed by atoms with Crippen LogP contribution in [0.25, 0.3) is 0 Å². The van der Waals surface area contributed by atoms with Crippen LogP contribution in [-0.4, -0.2) is 29.5 Å². The molecular weight excluding hydrogens is 296 g/mol. The van der Waals surface area contributed by atoms with Crippen LogP contribution < -0.4 is 4.72 Å². The SMILES string of the molecule is N#Cc1ccc(S(=O)(=O)Nc2cccnc2C(=O)O)cn1. The number of pyridine rings is 2. The molecule has 2 aromatic heterocycles. The van der Waals surface area contributed by atoms with Crippen LogP contribution in [0.1, 0.15) is 16.2 Å². The summed E-state index contributed by atoms with van der Waals surface area (Å²) < 4.78 is 26.4. The van der Waals surface area contributed by atoms with E-state index in [0.717, 1.165) is 6.20 Å². The second-order valence-electron chi connectivity index (χ2n) is 3.80. The molecule has 0 bridgehead atoms. The highest BCUT2D eigenvalue weighted by molar-refractivity contribution is 7.92. The lowest BCUT2D eigenvalue weighted by molar-refractivity contribution is 0.0692. The zero-order chi connectivity index (χ0) is 15.5. The average molecular weight is 304 g/mol. The van der Waals surface area contributed by atoms with Crippen LogP contribution >= 0.6 is 0 Å². The second kappa shape index (κ2) is 5.56. The minimum absolute atomic E-state index is 0.0709. The molecule has 0 aliphatic carbocycles. The van der Waals surface area contributed by atoms with Crippen molar-refractivity contribution in [2.24, 2.45) is 0 Å². The molecule has 0 atom stereocenters. The number of anilines is 1. The summed E-state index contributed by atoms with van der Waals surface area (Å²) in [7, 11) is -4.02. The number of nitrogens with zero attached hydrogens (tertiary/aromatic N) is 3. The van der Waals surface area contributed by atoms with Crippen molar-refractivity contribution in [1.29, 1.82) is 5.26 Å². The fourth-order valence-electron chi connectivity index (χ4n) is 1.47. The molecule has 0 spiro atoms. The van der Waals surface area contributed by atoms with Gasteiger partial charge in [0.2, 0.25) is 0 Å². The standard InChI is InChI=1S/C12H8N4O4S/c13-6-8-3-4-9(7-15-8)21(19,20)16-10-2-1-5-14-11(10)12(17)18/h1-5,7,16H,(H,17,18). The van der Waals surface area contributed by atoms with E-state index in [2.05, 4.69) is 14.7 Å². The van der Waals surface area contributed by atoms with Crippen molar-refractivity contribution in [3.63, 3.8) is 0 Å². The number of hydrogen-bond donors (Lipinski definition) is 2. The lowest BCUT2D eigenvalue weighted by atomic mass is 10.3. The Morgan fingerprint density at radius 3 is 2.62 bits per heavy atom. The van der Waals surface area contributed by atoms with E-state index >= 15 is 0 Å². The molecule has 2 heterocycles. The van der Waals surface area contributed by atoms with E-state index in [1.807, 2.05) is 0 Å². The predicted molar refractivity (Wildman–Crippen MR) is 71.0 cm³/mol. The van der Waals surface area contributed by atoms with Crippen molar-refractivity contribution in [2.45, 2.75) is 4.90 Å². The predicted octanol–water partition coefficient (Wildman–Crippen LogP) is 0.847. The molecule has 0 unspecified atom stereocenters. The molecule has 2 aromatic rings. The second-order valence-corrected chi connectivity index (χ2v) is 5.48. The van der Waals surface area contributed by atoms with Crippen molar-refractivity contribution >= 4 is 21.7 Å². The summed E-state index contributed by atoms with van der Waals surface area (Å²) in [5, 5.41) is 17.6. The summed E-state index contributed by atoms with van der Waals surface area (Å²) in [6, 6.07) is 6.90. The Morgan fingerprint density at radius 2 is 2.05 bits per heavy atom. The van der Waals surface area contributed by atoms with Gasteiger partial charge < -0.3 is 5.11 Å². The quantitative estimate of drug-likeness (QED) is 0.855. The van der Waals surface area contributed by atoms with Gasteiger partial charge in [-0.15, -0.1) is 0 Å². The van der Waals surface area contributed by atoms with Gasteiger partial charge in [-0.2, -0.15) is 5.26 Å². The van der Waals surface area contributed by atoms with E-state index in [4.69, 9.17) is 10.4 Å². The number of aromatic nitrogens is 2. The van der Waals surface area contributed by atoms with Crippen molar-refractivity contribution < 1.29 is 18.3 Å². The average Bonchev–Trinajstić information content (AvgIpc) is 2.47. The third-order valence-corrected chi connectivity index (χ3v) is 3.77. The fraction of sp³-hybridized carbons (Fsp3) is 0. The summed E-state index contributed by atoms with van der Waals surface area (Å²) in [6.45, 7) is 0. The maximum absolute atomic E-state index is 12.1. The van der Waals surface area contributed by atoms with Crippen LogP contribution in [0.4, 0.5) is 5.69 Å². The molecule has 0 radical (unpaired) electrons. The smallest absolute Gasteiger partial charge is 0.356 e. The summed E-state index contributed by atoms with van der Waals surface area (Å²) in [4.78, 5) is 18.0. The van der Waals surface area contributed by atoms with Gasteiger partial charge in [0.1, 0.15) is 16.7 Å². The molecule has 0 saturated carbocycles. The molecule has 21 heavy (non-hydrogen) atoms. The summed E-state index contributed by atoms with van der Waals surface area (Å²) in [5.41, 5.74) is -0.501. The van der Waals surface area contributed by atoms with Gasteiger partial charge in [-0.25, -0.2) is 23.2 Å². The largest absolute Gasteiger partial charge is 0.476 e. The Morgan fingerprint density at radius 1 is 1.29 bits per heavy atom. The van der Waals surface area contributed by atoms with Gasteiger partial charge >= 0.3 is 5.97 Å². The summed E-state index contributed by atoms with van der Waals surface area (Å²) in [6.07, 6.45) is 2.25. The number of carbonyl (C=O) groups is 1. The Balaban J connectivity index is 2.38. The number of nitrogens with one attached hydrogen (secondary N) is 1. The highest BCUT2D eigenvalue weighted by Gasteiger charge is 2.19. The maximum atomic E-state index is 12.1. The molecule has 0 amide bonds. The monoisotopic (exact) mass is 304 g/mol. The van der Waals surface area contributed by atoms with Crippen LogP contribution in [0.3, 0.4) is 0 Å². The molecule has 9 heteroatoms. The van der Waals surface area contributed by atoms with E-state index in [0.29, 0.717) is 0 Å². The molecule has 8 nitrogen and oxygen atoms in total. The molecule has 0 aromatic carbocycles. The van der Waals surface area contributed by atoms with E-state index in [1.54, 1.807) is 6.07 Å². The third-order valence-electron chi connectivity index (χ3n) is 2.42. The molecule has 0 fully saturated rings. The van der Waals surface area contributed by atoms with Crippen molar-refractivity contribution in [2.75, 3.05) is 4.72 Å². The molecule has 0 saturated heterocycles. The fourth-order valence-corrected chi connectivity index (χ4v) is 2.48. The van der Waals surface area contributed by atoms with Gasteiger partial charge in [0.05, 0.1) is 5.69 Å². The van der Waals surface area contributed by atoms with Gasteiger partial charge in [-0.3, -0.25) is 4.72 Å². The first-order valence-corrected chi connectivity index (χ1v) is 6.99. The van der Waals surface area contributed by atoms with Gasteiger partial charge in [0.25, 0.3) is 10.0 Å². The van der Waals surface area contributed by atoms with Crippen molar-refractivity contribution in [3.8, 4) is 6.07 Å². The van der Waals surface area contributed by atoms with Gasteiger partial charge in [0, 0.05) is 12.4 Å². The van der Waals surface area contributed by atoms with E-state index in [9.17, 15) is 13.2 Å². The molecule has 2 N–H and O–H groups in total. The normalized spacial score (nSPS) is 10.6. The zero-order valence-electron chi connectivity index (χ0n) is 10.4. The van der Waals surface area contributed by atoms with Crippen LogP contribution in [0, 0.1) is 11.3 Å².